The summed E-state index contributed by atoms with van der Waals surface area (Å²) in [5, 5.41) is 2.67. The molecule has 3 nitrogen and oxygen atoms in total. The zero-order chi connectivity index (χ0) is 16.0. The number of carbonyl (C=O) groups excluding carboxylic acids is 1. The first-order chi connectivity index (χ1) is 9.74. The quantitative estimate of drug-likeness (QED) is 0.789. The Morgan fingerprint density at radius 1 is 1.33 bits per heavy atom. The van der Waals surface area contributed by atoms with Crippen molar-refractivity contribution in [2.45, 2.75) is 24.9 Å². The van der Waals surface area contributed by atoms with Gasteiger partial charge in [-0.1, -0.05) is 26.0 Å². The zero-order valence-electron chi connectivity index (χ0n) is 11.9. The van der Waals surface area contributed by atoms with Gasteiger partial charge in [0.25, 0.3) is 0 Å². The molecule has 0 bridgehead atoms. The summed E-state index contributed by atoms with van der Waals surface area (Å²) < 4.78 is 36.9. The summed E-state index contributed by atoms with van der Waals surface area (Å²) in [5.74, 6) is -1.58. The van der Waals surface area contributed by atoms with Crippen LogP contribution in [-0.2, 0) is 4.79 Å². The van der Waals surface area contributed by atoms with Crippen LogP contribution in [0.25, 0.3) is 0 Å². The maximum absolute atomic E-state index is 12.3. The minimum atomic E-state index is -4.25. The highest BCUT2D eigenvalue weighted by molar-refractivity contribution is 7.99. The van der Waals surface area contributed by atoms with Gasteiger partial charge in [-0.3, -0.25) is 4.79 Å². The van der Waals surface area contributed by atoms with Crippen LogP contribution >= 0.6 is 11.8 Å². The largest absolute Gasteiger partial charge is 0.398 e. The summed E-state index contributed by atoms with van der Waals surface area (Å²) in [7, 11) is 0. The molecule has 0 saturated carbocycles. The van der Waals surface area contributed by atoms with Gasteiger partial charge in [0.2, 0.25) is 5.91 Å². The first-order valence-corrected chi connectivity index (χ1v) is 7.52. The van der Waals surface area contributed by atoms with Crippen molar-refractivity contribution in [3.05, 3.63) is 24.3 Å². The summed E-state index contributed by atoms with van der Waals surface area (Å²) in [4.78, 5) is 12.5. The van der Waals surface area contributed by atoms with Crippen LogP contribution in [0.5, 0.6) is 0 Å². The first-order valence-electron chi connectivity index (χ1n) is 6.54. The van der Waals surface area contributed by atoms with E-state index >= 15 is 0 Å². The van der Waals surface area contributed by atoms with E-state index in [1.165, 1.54) is 0 Å². The van der Waals surface area contributed by atoms with Crippen LogP contribution in [0.1, 0.15) is 13.8 Å². The number of benzene rings is 1. The molecule has 7 heteroatoms. The summed E-state index contributed by atoms with van der Waals surface area (Å²) in [6, 6.07) is 6.45. The lowest BCUT2D eigenvalue weighted by Crippen LogP contribution is -2.33. The molecule has 0 aromatic heterocycles. The van der Waals surface area contributed by atoms with Crippen molar-refractivity contribution in [3.63, 3.8) is 0 Å². The van der Waals surface area contributed by atoms with Crippen molar-refractivity contribution in [1.82, 2.24) is 0 Å². The molecule has 1 unspecified atom stereocenters. The predicted octanol–water partition coefficient (Wildman–Crippen LogP) is 3.51. The molecule has 0 aliphatic rings. The van der Waals surface area contributed by atoms with Gasteiger partial charge in [0, 0.05) is 11.4 Å². The number of rotatable bonds is 6. The Kier molecular flexibility index (Phi) is 6.54. The zero-order valence-corrected chi connectivity index (χ0v) is 12.7. The molecule has 3 N–H and O–H groups in total. The molecule has 1 rings (SSSR count). The fourth-order valence-electron chi connectivity index (χ4n) is 1.76. The summed E-state index contributed by atoms with van der Waals surface area (Å²) >= 11 is 0.653. The minimum Gasteiger partial charge on any atom is -0.330 e. The molecule has 0 spiro atoms. The van der Waals surface area contributed by atoms with Crippen molar-refractivity contribution in [1.29, 1.82) is 0 Å². The van der Waals surface area contributed by atoms with Crippen LogP contribution in [0, 0.1) is 11.8 Å². The van der Waals surface area contributed by atoms with Crippen LogP contribution in [0.15, 0.2) is 29.2 Å². The lowest BCUT2D eigenvalue weighted by molar-refractivity contribution is -0.120. The Morgan fingerprint density at radius 3 is 2.48 bits per heavy atom. The second-order valence-corrected chi connectivity index (χ2v) is 5.99. The van der Waals surface area contributed by atoms with Crippen LogP contribution in [-0.4, -0.2) is 24.4 Å². The minimum absolute atomic E-state index is 0.0602. The van der Waals surface area contributed by atoms with Gasteiger partial charge in [0.05, 0.1) is 17.4 Å². The smallest absolute Gasteiger partial charge is 0.330 e. The molecule has 1 aromatic carbocycles. The molecule has 0 fully saturated rings. The number of amides is 1. The standard InChI is InChI=1S/C14H19F3N2OS/c1-9(2)10(7-18)13(20)19-11-5-3-4-6-12(11)21-8-14(15,16)17/h3-6,9-10H,7-8,18H2,1-2H3,(H,19,20). The van der Waals surface area contributed by atoms with Crippen LogP contribution < -0.4 is 11.1 Å². The third-order valence-corrected chi connectivity index (χ3v) is 4.07. The Balaban J connectivity index is 2.81. The van der Waals surface area contributed by atoms with E-state index in [-0.39, 0.29) is 24.3 Å². The average molecular weight is 320 g/mol. The van der Waals surface area contributed by atoms with Gasteiger partial charge in [-0.05, 0) is 18.1 Å². The first kappa shape index (κ1) is 17.8. The van der Waals surface area contributed by atoms with Crippen LogP contribution in [0.2, 0.25) is 0 Å². The van der Waals surface area contributed by atoms with Gasteiger partial charge in [0.1, 0.15) is 0 Å². The normalized spacial score (nSPS) is 13.3. The fraction of sp³-hybridized carbons (Fsp3) is 0.500. The lowest BCUT2D eigenvalue weighted by Gasteiger charge is -2.19. The van der Waals surface area contributed by atoms with Crippen LogP contribution in [0.3, 0.4) is 0 Å². The van der Waals surface area contributed by atoms with Crippen molar-refractivity contribution >= 4 is 23.4 Å². The highest BCUT2D eigenvalue weighted by Gasteiger charge is 2.28. The number of nitrogens with one attached hydrogen (secondary N) is 1. The average Bonchev–Trinajstić information content (AvgIpc) is 2.37. The Labute approximate surface area is 126 Å². The summed E-state index contributed by atoms with van der Waals surface area (Å²) in [6.07, 6.45) is -4.25. The molecule has 1 aromatic rings. The van der Waals surface area contributed by atoms with E-state index in [1.807, 2.05) is 13.8 Å². The van der Waals surface area contributed by atoms with Gasteiger partial charge in [-0.2, -0.15) is 13.2 Å². The van der Waals surface area contributed by atoms with Gasteiger partial charge in [0.15, 0.2) is 0 Å². The molecule has 0 saturated heterocycles. The molecular formula is C14H19F3N2OS. The number of nitrogens with two attached hydrogens (primary N) is 1. The summed E-state index contributed by atoms with van der Waals surface area (Å²) in [5.41, 5.74) is 5.95. The SMILES string of the molecule is CC(C)C(CN)C(=O)Nc1ccccc1SCC(F)(F)F. The van der Waals surface area contributed by atoms with E-state index in [4.69, 9.17) is 5.73 Å². The Bertz CT molecular complexity index is 478. The van der Waals surface area contributed by atoms with Gasteiger partial charge < -0.3 is 11.1 Å². The number of halogens is 3. The number of alkyl halides is 3. The molecule has 21 heavy (non-hydrogen) atoms. The maximum atomic E-state index is 12.3. The van der Waals surface area contributed by atoms with Gasteiger partial charge in [-0.15, -0.1) is 11.8 Å². The van der Waals surface area contributed by atoms with E-state index in [0.29, 0.717) is 22.3 Å². The Morgan fingerprint density at radius 2 is 1.95 bits per heavy atom. The van der Waals surface area contributed by atoms with Crippen molar-refractivity contribution in [2.24, 2.45) is 17.6 Å². The van der Waals surface area contributed by atoms with Crippen molar-refractivity contribution in [2.75, 3.05) is 17.6 Å². The number of hydrogen-bond acceptors (Lipinski definition) is 3. The van der Waals surface area contributed by atoms with Gasteiger partial charge >= 0.3 is 6.18 Å². The summed E-state index contributed by atoms with van der Waals surface area (Å²) in [6.45, 7) is 3.95. The lowest BCUT2D eigenvalue weighted by atomic mass is 9.95. The molecule has 1 atom stereocenters. The number of para-hydroxylation sites is 1. The molecule has 0 radical (unpaired) electrons. The van der Waals surface area contributed by atoms with E-state index in [0.717, 1.165) is 0 Å². The molecule has 0 aliphatic carbocycles. The third-order valence-electron chi connectivity index (χ3n) is 2.93. The maximum Gasteiger partial charge on any atom is 0.398 e. The molecule has 0 aliphatic heterocycles. The number of anilines is 1. The highest BCUT2D eigenvalue weighted by Crippen LogP contribution is 2.32. The fourth-order valence-corrected chi connectivity index (χ4v) is 2.53. The second-order valence-electron chi connectivity index (χ2n) is 4.98. The van der Waals surface area contributed by atoms with Gasteiger partial charge in [-0.25, -0.2) is 0 Å². The Hall–Kier alpha value is -1.21. The highest BCUT2D eigenvalue weighted by atomic mass is 32.2. The van der Waals surface area contributed by atoms with Crippen molar-refractivity contribution < 1.29 is 18.0 Å². The molecule has 0 heterocycles. The van der Waals surface area contributed by atoms with E-state index in [1.54, 1.807) is 24.3 Å². The number of hydrogen-bond donors (Lipinski definition) is 2. The molecule has 1 amide bonds. The van der Waals surface area contributed by atoms with Crippen molar-refractivity contribution in [3.8, 4) is 0 Å². The van der Waals surface area contributed by atoms with E-state index < -0.39 is 11.9 Å². The number of thioether (sulfide) groups is 1. The number of carbonyl (C=O) groups is 1. The molecule has 118 valence electrons. The van der Waals surface area contributed by atoms with E-state index in [9.17, 15) is 18.0 Å². The van der Waals surface area contributed by atoms with Crippen LogP contribution in [0.4, 0.5) is 18.9 Å². The monoisotopic (exact) mass is 320 g/mol. The van der Waals surface area contributed by atoms with E-state index in [2.05, 4.69) is 5.32 Å². The topological polar surface area (TPSA) is 55.1 Å². The molecular weight excluding hydrogens is 301 g/mol. The second kappa shape index (κ2) is 7.70. The predicted molar refractivity (Wildman–Crippen MR) is 79.2 cm³/mol. The third kappa shape index (κ3) is 5.97.